The molecule has 3 aromatic rings. The quantitative estimate of drug-likeness (QED) is 0.376. The fourth-order valence-corrected chi connectivity index (χ4v) is 5.07. The fraction of sp³-hybridized carbons (Fsp3) is 0.286. The number of rotatable bonds is 7. The van der Waals surface area contributed by atoms with Crippen LogP contribution in [0.2, 0.25) is 10.0 Å². The van der Waals surface area contributed by atoms with E-state index in [-0.39, 0.29) is 11.9 Å². The van der Waals surface area contributed by atoms with E-state index in [4.69, 9.17) is 27.9 Å². The van der Waals surface area contributed by atoms with Crippen LogP contribution in [0.15, 0.2) is 52.9 Å². The fourth-order valence-electron chi connectivity index (χ4n) is 3.31. The van der Waals surface area contributed by atoms with E-state index in [0.717, 1.165) is 49.4 Å². The van der Waals surface area contributed by atoms with Crippen LogP contribution < -0.4 is 9.46 Å². The highest BCUT2D eigenvalue weighted by Gasteiger charge is 2.22. The summed E-state index contributed by atoms with van der Waals surface area (Å²) in [4.78, 5) is 6.89. The van der Waals surface area contributed by atoms with Crippen LogP contribution >= 0.6 is 46.5 Å². The number of anilines is 1. The molecular weight excluding hydrogens is 464 g/mol. The van der Waals surface area contributed by atoms with E-state index in [1.807, 2.05) is 23.6 Å². The second kappa shape index (κ2) is 10.2. The van der Waals surface area contributed by atoms with Gasteiger partial charge in [0.1, 0.15) is 17.7 Å². The van der Waals surface area contributed by atoms with Crippen LogP contribution in [-0.4, -0.2) is 29.1 Å². The average molecular weight is 484 g/mol. The van der Waals surface area contributed by atoms with Gasteiger partial charge < -0.3 is 9.46 Å². The van der Waals surface area contributed by atoms with Crippen LogP contribution in [0, 0.1) is 5.82 Å². The maximum atomic E-state index is 14.5. The van der Waals surface area contributed by atoms with Crippen molar-refractivity contribution in [3.8, 4) is 5.75 Å². The Morgan fingerprint density at radius 3 is 2.80 bits per heavy atom. The molecule has 1 aliphatic rings. The molecule has 2 aromatic carbocycles. The second-order valence-electron chi connectivity index (χ2n) is 6.98. The van der Waals surface area contributed by atoms with Crippen LogP contribution in [-0.2, 0) is 6.54 Å². The smallest absolute Gasteiger partial charge is 0.192 e. The van der Waals surface area contributed by atoms with E-state index in [0.29, 0.717) is 20.8 Å². The predicted octanol–water partition coefficient (Wildman–Crippen LogP) is 6.75. The van der Waals surface area contributed by atoms with E-state index in [1.54, 1.807) is 12.3 Å². The van der Waals surface area contributed by atoms with Crippen LogP contribution in [0.4, 0.5) is 9.52 Å². The van der Waals surface area contributed by atoms with E-state index < -0.39 is 0 Å². The molecule has 1 fully saturated rings. The lowest BCUT2D eigenvalue weighted by atomic mass is 10.1. The number of piperidine rings is 1. The van der Waals surface area contributed by atoms with Gasteiger partial charge in [0.2, 0.25) is 0 Å². The Kier molecular flexibility index (Phi) is 7.38. The first-order valence-corrected chi connectivity index (χ1v) is 12.0. The molecule has 4 nitrogen and oxygen atoms in total. The molecule has 2 heterocycles. The van der Waals surface area contributed by atoms with Crippen molar-refractivity contribution in [3.05, 3.63) is 69.4 Å². The molecule has 0 radical (unpaired) electrons. The highest BCUT2D eigenvalue weighted by molar-refractivity contribution is 8.00. The molecule has 0 aliphatic carbocycles. The molecule has 0 amide bonds. The zero-order valence-corrected chi connectivity index (χ0v) is 19.1. The van der Waals surface area contributed by atoms with Crippen molar-refractivity contribution >= 4 is 51.6 Å². The molecule has 9 heteroatoms. The average Bonchev–Trinajstić information content (AvgIpc) is 3.25. The highest BCUT2D eigenvalue weighted by Crippen LogP contribution is 2.35. The molecule has 1 aromatic heterocycles. The molecule has 0 spiro atoms. The Hall–Kier alpha value is -1.51. The lowest BCUT2D eigenvalue weighted by Crippen LogP contribution is -2.37. The van der Waals surface area contributed by atoms with Gasteiger partial charge in [-0.25, -0.2) is 9.37 Å². The van der Waals surface area contributed by atoms with E-state index in [2.05, 4.69) is 20.7 Å². The van der Waals surface area contributed by atoms with Crippen molar-refractivity contribution in [1.29, 1.82) is 0 Å². The number of thiazole rings is 1. The van der Waals surface area contributed by atoms with E-state index in [1.165, 1.54) is 23.0 Å². The molecule has 30 heavy (non-hydrogen) atoms. The van der Waals surface area contributed by atoms with Crippen molar-refractivity contribution in [2.75, 3.05) is 17.8 Å². The van der Waals surface area contributed by atoms with Crippen molar-refractivity contribution in [2.45, 2.75) is 30.4 Å². The molecule has 0 saturated carbocycles. The van der Waals surface area contributed by atoms with Crippen LogP contribution in [0.5, 0.6) is 5.75 Å². The van der Waals surface area contributed by atoms with Gasteiger partial charge in [0.25, 0.3) is 0 Å². The lowest BCUT2D eigenvalue weighted by Gasteiger charge is -2.32. The van der Waals surface area contributed by atoms with Crippen molar-refractivity contribution < 1.29 is 9.13 Å². The molecule has 0 unspecified atom stereocenters. The molecule has 0 atom stereocenters. The Bertz CT molecular complexity index is 982. The largest absolute Gasteiger partial charge is 0.489 e. The first-order valence-electron chi connectivity index (χ1n) is 9.51. The minimum atomic E-state index is -0.373. The SMILES string of the molecule is Fc1cc(OC2CCN(Cc3cccc(Cl)c3)CC2)c(Cl)cc1SNc1nccs1. The first kappa shape index (κ1) is 21.7. The Labute approximate surface area is 193 Å². The monoisotopic (exact) mass is 483 g/mol. The van der Waals surface area contributed by atoms with Gasteiger partial charge in [-0.2, -0.15) is 0 Å². The maximum Gasteiger partial charge on any atom is 0.192 e. The lowest BCUT2D eigenvalue weighted by molar-refractivity contribution is 0.0965. The number of aromatic nitrogens is 1. The number of nitrogens with one attached hydrogen (secondary N) is 1. The minimum absolute atomic E-state index is 0.0180. The summed E-state index contributed by atoms with van der Waals surface area (Å²) in [6, 6.07) is 10.9. The predicted molar refractivity (Wildman–Crippen MR) is 123 cm³/mol. The van der Waals surface area contributed by atoms with Gasteiger partial charge in [0.05, 0.1) is 9.92 Å². The van der Waals surface area contributed by atoms with Gasteiger partial charge in [0, 0.05) is 42.3 Å². The summed E-state index contributed by atoms with van der Waals surface area (Å²) < 4.78 is 23.6. The summed E-state index contributed by atoms with van der Waals surface area (Å²) >= 11 is 15.0. The number of hydrogen-bond donors (Lipinski definition) is 1. The zero-order valence-electron chi connectivity index (χ0n) is 16.0. The number of hydrogen-bond acceptors (Lipinski definition) is 6. The van der Waals surface area contributed by atoms with Gasteiger partial charge in [-0.05, 0) is 48.6 Å². The molecule has 1 saturated heterocycles. The Morgan fingerprint density at radius 1 is 1.23 bits per heavy atom. The van der Waals surface area contributed by atoms with Crippen molar-refractivity contribution in [3.63, 3.8) is 0 Å². The summed E-state index contributed by atoms with van der Waals surface area (Å²) in [5.74, 6) is 0.0166. The zero-order chi connectivity index (χ0) is 20.9. The van der Waals surface area contributed by atoms with E-state index >= 15 is 0 Å². The summed E-state index contributed by atoms with van der Waals surface area (Å²) in [7, 11) is 0. The molecule has 1 aliphatic heterocycles. The summed E-state index contributed by atoms with van der Waals surface area (Å²) in [5.41, 5.74) is 1.20. The van der Waals surface area contributed by atoms with Gasteiger partial charge in [-0.1, -0.05) is 35.3 Å². The molecule has 4 rings (SSSR count). The Balaban J connectivity index is 1.30. The first-order chi connectivity index (χ1) is 14.6. The van der Waals surface area contributed by atoms with E-state index in [9.17, 15) is 4.39 Å². The van der Waals surface area contributed by atoms with Crippen LogP contribution in [0.25, 0.3) is 0 Å². The molecular formula is C21H20Cl2FN3OS2. The molecule has 0 bridgehead atoms. The normalized spacial score (nSPS) is 15.3. The number of halogens is 3. The third-order valence-electron chi connectivity index (χ3n) is 4.79. The number of likely N-dealkylation sites (tertiary alicyclic amines) is 1. The third kappa shape index (κ3) is 5.80. The maximum absolute atomic E-state index is 14.5. The number of nitrogens with zero attached hydrogens (tertiary/aromatic N) is 2. The van der Waals surface area contributed by atoms with Gasteiger partial charge in [-0.3, -0.25) is 4.90 Å². The Morgan fingerprint density at radius 2 is 2.07 bits per heavy atom. The van der Waals surface area contributed by atoms with Gasteiger partial charge in [0.15, 0.2) is 5.13 Å². The van der Waals surface area contributed by atoms with Crippen molar-refractivity contribution in [1.82, 2.24) is 9.88 Å². The third-order valence-corrected chi connectivity index (χ3v) is 6.97. The summed E-state index contributed by atoms with van der Waals surface area (Å²) in [5, 5.41) is 3.72. The molecule has 158 valence electrons. The number of ether oxygens (including phenoxy) is 1. The number of benzene rings is 2. The van der Waals surface area contributed by atoms with Gasteiger partial charge >= 0.3 is 0 Å². The van der Waals surface area contributed by atoms with Crippen LogP contribution in [0.1, 0.15) is 18.4 Å². The minimum Gasteiger partial charge on any atom is -0.489 e. The highest BCUT2D eigenvalue weighted by atomic mass is 35.5. The van der Waals surface area contributed by atoms with Crippen molar-refractivity contribution in [2.24, 2.45) is 0 Å². The van der Waals surface area contributed by atoms with Crippen LogP contribution in [0.3, 0.4) is 0 Å². The second-order valence-corrected chi connectivity index (χ2v) is 9.56. The standard InChI is InChI=1S/C21H20Cl2FN3OS2/c22-15-3-1-2-14(10-15)13-27-7-4-16(5-8-27)28-19-12-18(24)20(11-17(19)23)30-26-21-25-6-9-29-21/h1-3,6,9-12,16H,4-5,7-8,13H2,(H,25,26). The molecule has 1 N–H and O–H groups in total. The van der Waals surface area contributed by atoms with Gasteiger partial charge in [-0.15, -0.1) is 11.3 Å². The summed E-state index contributed by atoms with van der Waals surface area (Å²) in [6.07, 6.45) is 3.43. The summed E-state index contributed by atoms with van der Waals surface area (Å²) in [6.45, 7) is 2.67. The topological polar surface area (TPSA) is 37.4 Å².